The minimum absolute atomic E-state index is 0.383. The van der Waals surface area contributed by atoms with E-state index in [0.29, 0.717) is 80.2 Å². The van der Waals surface area contributed by atoms with E-state index in [-0.39, 0.29) is 0 Å². The second-order valence-corrected chi connectivity index (χ2v) is 26.7. The number of aromatic nitrogens is 11. The maximum atomic E-state index is 10.3. The van der Waals surface area contributed by atoms with E-state index < -0.39 is 0 Å². The SMILES string of the molecule is N#Cc1ccc(-c2ccc(-c3nc(-c4ccc(-c5cccc(C#N)c5)cc4-n4c5ccccc5c5cc(-c6nc(-c7ccccc7)nc(-c7ccccc7)n6)ccc54)nc(-c4ccc(-c5cccc(C#N)c5)cc4-n4c5ccccc5c5cc(-c6nc(-c7ccccc7)nc(-c7ccccc7)n6)ccc54)n3)cc2)cc1. The first-order chi connectivity index (χ1) is 54.3. The number of nitrogens with zero attached hydrogens (tertiary/aromatic N) is 14. The van der Waals surface area contributed by atoms with Crippen molar-refractivity contribution >= 4 is 43.6 Å². The molecule has 14 nitrogen and oxygen atoms in total. The van der Waals surface area contributed by atoms with Gasteiger partial charge in [0.25, 0.3) is 0 Å². The summed E-state index contributed by atoms with van der Waals surface area (Å²) in [6.45, 7) is 0. The summed E-state index contributed by atoms with van der Waals surface area (Å²) >= 11 is 0. The highest BCUT2D eigenvalue weighted by molar-refractivity contribution is 6.12. The number of hydrogen-bond acceptors (Lipinski definition) is 12. The first-order valence-corrected chi connectivity index (χ1v) is 35.8. The number of hydrogen-bond donors (Lipinski definition) is 0. The largest absolute Gasteiger partial charge is 0.308 e. The third-order valence-corrected chi connectivity index (χ3v) is 20.0. The second kappa shape index (κ2) is 27.7. The summed E-state index contributed by atoms with van der Waals surface area (Å²) in [6, 6.07) is 120. The van der Waals surface area contributed by atoms with Gasteiger partial charge in [-0.25, -0.2) is 44.9 Å². The summed E-state index contributed by atoms with van der Waals surface area (Å²) in [5.41, 5.74) is 19.3. The molecule has 0 amide bonds. The third kappa shape index (κ3) is 12.1. The zero-order valence-corrected chi connectivity index (χ0v) is 58.6. The van der Waals surface area contributed by atoms with Crippen molar-refractivity contribution in [1.82, 2.24) is 54.0 Å². The van der Waals surface area contributed by atoms with Crippen molar-refractivity contribution in [2.24, 2.45) is 0 Å². The van der Waals surface area contributed by atoms with Crippen LogP contribution < -0.4 is 0 Å². The van der Waals surface area contributed by atoms with Gasteiger partial charge >= 0.3 is 0 Å². The van der Waals surface area contributed by atoms with E-state index in [0.717, 1.165) is 127 Å². The molecule has 0 spiro atoms. The zero-order chi connectivity index (χ0) is 73.6. The predicted octanol–water partition coefficient (Wildman–Crippen LogP) is 22.1. The third-order valence-electron chi connectivity index (χ3n) is 20.0. The van der Waals surface area contributed by atoms with Crippen LogP contribution in [0.15, 0.2) is 340 Å². The van der Waals surface area contributed by atoms with Gasteiger partial charge in [0.2, 0.25) is 0 Å². The van der Waals surface area contributed by atoms with Crippen molar-refractivity contribution in [3.8, 4) is 165 Å². The van der Waals surface area contributed by atoms with Gasteiger partial charge in [-0.05, 0) is 143 Å². The monoisotopic (exact) mass is 1400 g/mol. The van der Waals surface area contributed by atoms with Gasteiger partial charge in [0.15, 0.2) is 52.4 Å². The van der Waals surface area contributed by atoms with Crippen molar-refractivity contribution < 1.29 is 0 Å². The molecule has 0 fully saturated rings. The van der Waals surface area contributed by atoms with Crippen molar-refractivity contribution in [1.29, 1.82) is 15.8 Å². The maximum absolute atomic E-state index is 10.3. The lowest BCUT2D eigenvalue weighted by Crippen LogP contribution is -2.06. The summed E-state index contributed by atoms with van der Waals surface area (Å²) in [6.07, 6.45) is 0. The molecular formula is C96H56N14. The molecule has 19 rings (SSSR count). The summed E-state index contributed by atoms with van der Waals surface area (Å²) in [5.74, 6) is 4.46. The summed E-state index contributed by atoms with van der Waals surface area (Å²) < 4.78 is 4.55. The van der Waals surface area contributed by atoms with Crippen molar-refractivity contribution in [3.63, 3.8) is 0 Å². The van der Waals surface area contributed by atoms with Crippen LogP contribution in [0.2, 0.25) is 0 Å². The summed E-state index contributed by atoms with van der Waals surface area (Å²) in [5, 5.41) is 34.2. The quantitative estimate of drug-likeness (QED) is 0.1000. The molecule has 5 aromatic heterocycles. The summed E-state index contributed by atoms with van der Waals surface area (Å²) in [4.78, 5) is 47.6. The molecule has 0 saturated heterocycles. The zero-order valence-electron chi connectivity index (χ0n) is 58.6. The van der Waals surface area contributed by atoms with Crippen LogP contribution in [0.25, 0.3) is 191 Å². The highest BCUT2D eigenvalue weighted by atomic mass is 15.1. The predicted molar refractivity (Wildman–Crippen MR) is 435 cm³/mol. The van der Waals surface area contributed by atoms with E-state index in [1.165, 1.54) is 0 Å². The van der Waals surface area contributed by atoms with Gasteiger partial charge in [0.1, 0.15) is 0 Å². The van der Waals surface area contributed by atoms with Gasteiger partial charge in [-0.1, -0.05) is 231 Å². The standard InChI is InChI=1S/C96H56N14/c97-57-60-35-37-63(38-36-60)64-39-41-69(42-40-64)92-106-95(78-47-43-72(70-29-17-19-61(51-70)58-98)55-86(78)109-82-33-15-13-31-76(82)80-53-74(45-49-84(80)109)93-102-88(65-21-5-1-6-22-65)100-89(103-93)66-23-7-2-8-24-66)108-96(107-92)79-48-44-73(71-30-18-20-62(52-71)59-99)56-87(79)110-83-34-16-14-32-77(83)81-54-75(46-50-85(81)110)94-104-90(67-25-9-3-10-26-67)101-91(105-94)68-27-11-4-12-28-68/h1-56H. The molecule has 110 heavy (non-hydrogen) atoms. The van der Waals surface area contributed by atoms with E-state index in [9.17, 15) is 15.8 Å². The molecule has 0 bridgehead atoms. The van der Waals surface area contributed by atoms with E-state index in [1.807, 2.05) is 218 Å². The lowest BCUT2D eigenvalue weighted by molar-refractivity contribution is 1.06. The lowest BCUT2D eigenvalue weighted by Gasteiger charge is -2.18. The van der Waals surface area contributed by atoms with Gasteiger partial charge in [-0.2, -0.15) is 15.8 Å². The Hall–Kier alpha value is -15.8. The summed E-state index contributed by atoms with van der Waals surface area (Å²) in [7, 11) is 0. The van der Waals surface area contributed by atoms with Gasteiger partial charge in [0.05, 0.1) is 68.3 Å². The van der Waals surface area contributed by atoms with Crippen LogP contribution in [0, 0.1) is 34.0 Å². The highest BCUT2D eigenvalue weighted by Gasteiger charge is 2.26. The molecule has 0 atom stereocenters. The molecular weight excluding hydrogens is 1350 g/mol. The van der Waals surface area contributed by atoms with Crippen LogP contribution >= 0.6 is 0 Å². The van der Waals surface area contributed by atoms with E-state index in [2.05, 4.69) is 149 Å². The molecule has 14 aromatic carbocycles. The van der Waals surface area contributed by atoms with Gasteiger partial charge in [-0.3, -0.25) is 0 Å². The molecule has 0 aliphatic carbocycles. The molecule has 0 saturated carbocycles. The highest BCUT2D eigenvalue weighted by Crippen LogP contribution is 2.44. The number of benzene rings is 14. The molecule has 510 valence electrons. The van der Waals surface area contributed by atoms with Gasteiger partial charge in [0, 0.05) is 71.6 Å². The van der Waals surface area contributed by atoms with Crippen LogP contribution in [0.5, 0.6) is 0 Å². The number of nitriles is 3. The minimum Gasteiger partial charge on any atom is -0.308 e. The van der Waals surface area contributed by atoms with Crippen molar-refractivity contribution in [2.45, 2.75) is 0 Å². The number of fused-ring (bicyclic) bond motifs is 6. The Labute approximate surface area is 631 Å². The van der Waals surface area contributed by atoms with E-state index >= 15 is 0 Å². The van der Waals surface area contributed by atoms with Crippen LogP contribution in [0.1, 0.15) is 16.7 Å². The molecule has 0 unspecified atom stereocenters. The number of rotatable bonds is 14. The molecule has 5 heterocycles. The van der Waals surface area contributed by atoms with E-state index in [4.69, 9.17) is 44.9 Å². The Kier molecular flexibility index (Phi) is 16.3. The minimum atomic E-state index is 0.383. The molecule has 0 aliphatic rings. The Balaban J connectivity index is 0.845. The normalized spacial score (nSPS) is 11.2. The van der Waals surface area contributed by atoms with Crippen LogP contribution in [-0.4, -0.2) is 54.0 Å². The van der Waals surface area contributed by atoms with Crippen molar-refractivity contribution in [2.75, 3.05) is 0 Å². The first kappa shape index (κ1) is 65.0. The Morgan fingerprint density at radius 2 is 0.455 bits per heavy atom. The molecule has 0 N–H and O–H groups in total. The molecule has 14 heteroatoms. The van der Waals surface area contributed by atoms with Gasteiger partial charge in [-0.15, -0.1) is 0 Å². The molecule has 19 aromatic rings. The molecule has 0 radical (unpaired) electrons. The average Bonchev–Trinajstić information content (AvgIpc) is 1.56. The Bertz CT molecular complexity index is 6490. The Morgan fingerprint density at radius 3 is 0.836 bits per heavy atom. The van der Waals surface area contributed by atoms with Crippen LogP contribution in [0.4, 0.5) is 0 Å². The van der Waals surface area contributed by atoms with Crippen LogP contribution in [-0.2, 0) is 0 Å². The molecule has 0 aliphatic heterocycles. The van der Waals surface area contributed by atoms with Gasteiger partial charge < -0.3 is 9.13 Å². The Morgan fingerprint density at radius 1 is 0.182 bits per heavy atom. The second-order valence-electron chi connectivity index (χ2n) is 26.7. The lowest BCUT2D eigenvalue weighted by atomic mass is 9.99. The smallest absolute Gasteiger partial charge is 0.166 e. The fourth-order valence-corrected chi connectivity index (χ4v) is 14.6. The number of para-hydroxylation sites is 2. The fraction of sp³-hybridized carbons (Fsp3) is 0. The van der Waals surface area contributed by atoms with Crippen molar-refractivity contribution in [3.05, 3.63) is 356 Å². The topological polar surface area (TPSA) is 197 Å². The van der Waals surface area contributed by atoms with Crippen LogP contribution in [0.3, 0.4) is 0 Å². The average molecular weight is 1410 g/mol. The maximum Gasteiger partial charge on any atom is 0.166 e. The van der Waals surface area contributed by atoms with E-state index in [1.54, 1.807) is 0 Å². The first-order valence-electron chi connectivity index (χ1n) is 35.8. The fourth-order valence-electron chi connectivity index (χ4n) is 14.6.